The molecule has 232 valence electrons. The summed E-state index contributed by atoms with van der Waals surface area (Å²) in [5, 5.41) is 10.0. The smallest absolute Gasteiger partial charge is 0.223 e. The van der Waals surface area contributed by atoms with Crippen molar-refractivity contribution in [2.24, 2.45) is 11.3 Å². The van der Waals surface area contributed by atoms with Crippen molar-refractivity contribution < 1.29 is 9.59 Å². The summed E-state index contributed by atoms with van der Waals surface area (Å²) in [4.78, 5) is 29.9. The van der Waals surface area contributed by atoms with Crippen LogP contribution >= 0.6 is 11.8 Å². The average Bonchev–Trinajstić information content (AvgIpc) is 3.34. The van der Waals surface area contributed by atoms with Crippen LogP contribution in [0.25, 0.3) is 5.69 Å². The number of amides is 2. The summed E-state index contributed by atoms with van der Waals surface area (Å²) in [5.74, 6) is 2.57. The molecule has 2 aromatic carbocycles. The summed E-state index contributed by atoms with van der Waals surface area (Å²) >= 11 is 1.70. The molecule has 2 atom stereocenters. The van der Waals surface area contributed by atoms with Gasteiger partial charge in [-0.05, 0) is 61.6 Å². The number of hydrogen-bond donors (Lipinski definition) is 0. The Hall–Kier alpha value is -3.13. The van der Waals surface area contributed by atoms with Gasteiger partial charge in [-0.1, -0.05) is 88.0 Å². The van der Waals surface area contributed by atoms with Gasteiger partial charge in [0.25, 0.3) is 0 Å². The van der Waals surface area contributed by atoms with Crippen molar-refractivity contribution in [1.82, 2.24) is 24.6 Å². The first kappa shape index (κ1) is 32.8. The molecule has 8 heteroatoms. The van der Waals surface area contributed by atoms with Gasteiger partial charge in [-0.2, -0.15) is 0 Å². The number of para-hydroxylation sites is 1. The molecule has 1 aliphatic rings. The van der Waals surface area contributed by atoms with Crippen LogP contribution in [0.3, 0.4) is 0 Å². The predicted octanol–water partition coefficient (Wildman–Crippen LogP) is 6.95. The summed E-state index contributed by atoms with van der Waals surface area (Å²) < 4.78 is 2.18. The van der Waals surface area contributed by atoms with Crippen molar-refractivity contribution in [2.45, 2.75) is 91.3 Å². The summed E-state index contributed by atoms with van der Waals surface area (Å²) in [7, 11) is 0. The van der Waals surface area contributed by atoms with Gasteiger partial charge in [-0.3, -0.25) is 14.2 Å². The highest BCUT2D eigenvalue weighted by Crippen LogP contribution is 2.28. The largest absolute Gasteiger partial charge is 0.339 e. The number of nitrogens with zero attached hydrogens (tertiary/aromatic N) is 5. The lowest BCUT2D eigenvalue weighted by Gasteiger charge is -2.40. The number of piperazine rings is 1. The molecule has 0 spiro atoms. The highest BCUT2D eigenvalue weighted by molar-refractivity contribution is 7.99. The van der Waals surface area contributed by atoms with E-state index in [1.54, 1.807) is 11.8 Å². The first-order valence-corrected chi connectivity index (χ1v) is 16.7. The molecule has 1 aromatic heterocycles. The van der Waals surface area contributed by atoms with E-state index in [-0.39, 0.29) is 23.3 Å². The molecule has 1 saturated heterocycles. The van der Waals surface area contributed by atoms with E-state index in [1.165, 1.54) is 11.1 Å². The number of benzene rings is 2. The third-order valence-corrected chi connectivity index (χ3v) is 9.08. The first-order valence-electron chi connectivity index (χ1n) is 15.8. The number of unbranched alkanes of at least 4 members (excludes halogenated alkanes) is 1. The Labute approximate surface area is 262 Å². The highest BCUT2D eigenvalue weighted by atomic mass is 32.2. The van der Waals surface area contributed by atoms with E-state index in [0.717, 1.165) is 41.7 Å². The maximum Gasteiger partial charge on any atom is 0.223 e. The Morgan fingerprint density at radius 2 is 1.70 bits per heavy atom. The normalized spacial score (nSPS) is 16.4. The fourth-order valence-electron chi connectivity index (χ4n) is 6.13. The zero-order valence-corrected chi connectivity index (χ0v) is 27.7. The van der Waals surface area contributed by atoms with Crippen LogP contribution < -0.4 is 0 Å². The lowest BCUT2D eigenvalue weighted by Crippen LogP contribution is -2.55. The van der Waals surface area contributed by atoms with Gasteiger partial charge in [0.1, 0.15) is 5.82 Å². The first-order chi connectivity index (χ1) is 20.5. The van der Waals surface area contributed by atoms with Crippen LogP contribution in [0.2, 0.25) is 0 Å². The molecule has 7 nitrogen and oxygen atoms in total. The molecular weight excluding hydrogens is 554 g/mol. The number of aryl methyl sites for hydroxylation is 1. The molecule has 2 amide bonds. The van der Waals surface area contributed by atoms with Crippen LogP contribution in [0.5, 0.6) is 0 Å². The van der Waals surface area contributed by atoms with Crippen LogP contribution in [0.15, 0.2) is 59.8 Å². The van der Waals surface area contributed by atoms with E-state index in [2.05, 4.69) is 105 Å². The van der Waals surface area contributed by atoms with Gasteiger partial charge in [0.15, 0.2) is 5.16 Å². The van der Waals surface area contributed by atoms with E-state index in [4.69, 9.17) is 0 Å². The fourth-order valence-corrected chi connectivity index (χ4v) is 7.09. The minimum absolute atomic E-state index is 0.0560. The quantitative estimate of drug-likeness (QED) is 0.166. The van der Waals surface area contributed by atoms with Gasteiger partial charge in [-0.15, -0.1) is 10.2 Å². The van der Waals surface area contributed by atoms with Gasteiger partial charge in [0, 0.05) is 50.7 Å². The molecule has 4 rings (SSSR count). The highest BCUT2D eigenvalue weighted by Gasteiger charge is 2.30. The second-order valence-electron chi connectivity index (χ2n) is 13.3. The van der Waals surface area contributed by atoms with Crippen molar-refractivity contribution >= 4 is 23.6 Å². The number of thioether (sulfide) groups is 1. The Bertz CT molecular complexity index is 1350. The van der Waals surface area contributed by atoms with Crippen molar-refractivity contribution in [1.29, 1.82) is 0 Å². The van der Waals surface area contributed by atoms with Gasteiger partial charge in [-0.25, -0.2) is 0 Å². The standard InChI is InChI=1S/C35H49N5O2S/c1-26(24-35(4,5)6)22-33(42)39-20-19-38(25-28(39)3)32(41)18-12-13-21-43-34-37-36-31(23-29-15-8-7-9-16-29)40(34)30-17-11-10-14-27(30)2/h7-11,14-17,26,28H,12-13,18-25H2,1-6H3. The maximum atomic E-state index is 13.0. The zero-order chi connectivity index (χ0) is 31.0. The fraction of sp³-hybridized carbons (Fsp3) is 0.543. The molecular formula is C35H49N5O2S. The van der Waals surface area contributed by atoms with Crippen molar-refractivity contribution in [3.05, 3.63) is 71.5 Å². The molecule has 2 heterocycles. The Balaban J connectivity index is 1.25. The minimum Gasteiger partial charge on any atom is -0.339 e. The monoisotopic (exact) mass is 603 g/mol. The molecule has 43 heavy (non-hydrogen) atoms. The molecule has 3 aromatic rings. The van der Waals surface area contributed by atoms with Crippen molar-refractivity contribution in [2.75, 3.05) is 25.4 Å². The molecule has 0 bridgehead atoms. The van der Waals surface area contributed by atoms with E-state index in [0.29, 0.717) is 44.8 Å². The Kier molecular flexibility index (Phi) is 11.5. The molecule has 2 unspecified atom stereocenters. The van der Waals surface area contributed by atoms with Crippen LogP contribution in [-0.2, 0) is 16.0 Å². The SMILES string of the molecule is Cc1ccccc1-n1c(Cc2ccccc2)nnc1SCCCCC(=O)N1CCN(C(=O)CC(C)CC(C)(C)C)C(C)C1. The van der Waals surface area contributed by atoms with E-state index in [9.17, 15) is 9.59 Å². The average molecular weight is 604 g/mol. The number of rotatable bonds is 12. The zero-order valence-electron chi connectivity index (χ0n) is 26.9. The molecule has 0 aliphatic carbocycles. The van der Waals surface area contributed by atoms with Gasteiger partial charge < -0.3 is 9.80 Å². The van der Waals surface area contributed by atoms with Gasteiger partial charge in [0.05, 0.1) is 5.69 Å². The molecule has 0 saturated carbocycles. The van der Waals surface area contributed by atoms with Gasteiger partial charge >= 0.3 is 0 Å². The summed E-state index contributed by atoms with van der Waals surface area (Å²) in [6.45, 7) is 14.9. The summed E-state index contributed by atoms with van der Waals surface area (Å²) in [6.07, 6.45) is 4.61. The van der Waals surface area contributed by atoms with E-state index < -0.39 is 0 Å². The number of aromatic nitrogens is 3. The summed E-state index contributed by atoms with van der Waals surface area (Å²) in [6, 6.07) is 18.8. The maximum absolute atomic E-state index is 13.0. The van der Waals surface area contributed by atoms with E-state index in [1.807, 2.05) is 15.9 Å². The number of carbonyl (C=O) groups excluding carboxylic acids is 2. The third kappa shape index (κ3) is 9.43. The molecule has 0 radical (unpaired) electrons. The van der Waals surface area contributed by atoms with E-state index >= 15 is 0 Å². The molecule has 1 aliphatic heterocycles. The molecule has 1 fully saturated rings. The number of carbonyl (C=O) groups is 2. The molecule has 0 N–H and O–H groups in total. The lowest BCUT2D eigenvalue weighted by molar-refractivity contribution is -0.143. The van der Waals surface area contributed by atoms with Crippen molar-refractivity contribution in [3.8, 4) is 5.69 Å². The predicted molar refractivity (Wildman–Crippen MR) is 176 cm³/mol. The lowest BCUT2D eigenvalue weighted by atomic mass is 9.84. The second-order valence-corrected chi connectivity index (χ2v) is 14.4. The van der Waals surface area contributed by atoms with Crippen LogP contribution in [0.4, 0.5) is 0 Å². The minimum atomic E-state index is 0.0560. The Morgan fingerprint density at radius 3 is 2.40 bits per heavy atom. The van der Waals surface area contributed by atoms with Crippen LogP contribution in [-0.4, -0.2) is 67.8 Å². The van der Waals surface area contributed by atoms with Gasteiger partial charge in [0.2, 0.25) is 11.8 Å². The van der Waals surface area contributed by atoms with Crippen molar-refractivity contribution in [3.63, 3.8) is 0 Å². The second kappa shape index (κ2) is 15.0. The van der Waals surface area contributed by atoms with Crippen LogP contribution in [0.1, 0.15) is 83.7 Å². The number of hydrogen-bond acceptors (Lipinski definition) is 5. The summed E-state index contributed by atoms with van der Waals surface area (Å²) in [5.41, 5.74) is 3.71. The van der Waals surface area contributed by atoms with Crippen LogP contribution in [0, 0.1) is 18.3 Å². The Morgan fingerprint density at radius 1 is 0.977 bits per heavy atom. The third-order valence-electron chi connectivity index (χ3n) is 8.06. The topological polar surface area (TPSA) is 71.3 Å².